The van der Waals surface area contributed by atoms with Crippen LogP contribution in [0.1, 0.15) is 38.4 Å². The van der Waals surface area contributed by atoms with Crippen LogP contribution in [0, 0.1) is 16.0 Å². The Labute approximate surface area is 129 Å². The number of rotatable bonds is 9. The molecular formula is C14H22N4O4. The highest BCUT2D eigenvalue weighted by atomic mass is 16.6. The van der Waals surface area contributed by atoms with Gasteiger partial charge in [0.15, 0.2) is 0 Å². The molecule has 122 valence electrons. The van der Waals surface area contributed by atoms with E-state index in [0.29, 0.717) is 25.6 Å². The van der Waals surface area contributed by atoms with E-state index < -0.39 is 4.92 Å². The van der Waals surface area contributed by atoms with Gasteiger partial charge in [0.25, 0.3) is 5.88 Å². The van der Waals surface area contributed by atoms with Gasteiger partial charge >= 0.3 is 5.69 Å². The van der Waals surface area contributed by atoms with Crippen LogP contribution in [0.5, 0.6) is 5.88 Å². The van der Waals surface area contributed by atoms with Gasteiger partial charge in [0, 0.05) is 19.6 Å². The number of ether oxygens (including phenoxy) is 2. The van der Waals surface area contributed by atoms with Gasteiger partial charge in [-0.3, -0.25) is 10.1 Å². The first-order valence-corrected chi connectivity index (χ1v) is 7.44. The van der Waals surface area contributed by atoms with Crippen LogP contribution in [-0.4, -0.2) is 41.8 Å². The molecule has 0 amide bonds. The largest absolute Gasteiger partial charge is 0.472 e. The fraction of sp³-hybridized carbons (Fsp3) is 0.714. The number of aromatic nitrogens is 2. The second kappa shape index (κ2) is 7.35. The zero-order valence-corrected chi connectivity index (χ0v) is 13.2. The van der Waals surface area contributed by atoms with E-state index in [0.717, 1.165) is 12.8 Å². The Kier molecular flexibility index (Phi) is 5.48. The summed E-state index contributed by atoms with van der Waals surface area (Å²) in [6.07, 6.45) is 2.03. The van der Waals surface area contributed by atoms with Crippen molar-refractivity contribution in [1.29, 1.82) is 0 Å². The molecule has 0 atom stereocenters. The summed E-state index contributed by atoms with van der Waals surface area (Å²) in [6.45, 7) is 5.20. The summed E-state index contributed by atoms with van der Waals surface area (Å²) in [7, 11) is 1.57. The number of methoxy groups -OCH3 is 1. The van der Waals surface area contributed by atoms with Crippen LogP contribution in [0.4, 0.5) is 11.5 Å². The summed E-state index contributed by atoms with van der Waals surface area (Å²) in [5, 5.41) is 14.3. The van der Waals surface area contributed by atoms with Gasteiger partial charge in [0.05, 0.1) is 18.1 Å². The molecule has 0 saturated heterocycles. The van der Waals surface area contributed by atoms with E-state index in [1.54, 1.807) is 7.11 Å². The molecular weight excluding hydrogens is 288 g/mol. The maximum absolute atomic E-state index is 11.4. The van der Waals surface area contributed by atoms with E-state index >= 15 is 0 Å². The average molecular weight is 310 g/mol. The summed E-state index contributed by atoms with van der Waals surface area (Å²) in [5.41, 5.74) is -0.207. The number of hydrogen-bond donors (Lipinski definition) is 1. The quantitative estimate of drug-likeness (QED) is 0.424. The van der Waals surface area contributed by atoms with E-state index in [-0.39, 0.29) is 29.2 Å². The number of nitrogens with zero attached hydrogens (tertiary/aromatic N) is 3. The number of anilines is 1. The summed E-state index contributed by atoms with van der Waals surface area (Å²) < 4.78 is 10.5. The number of hydrogen-bond acceptors (Lipinski definition) is 7. The maximum atomic E-state index is 11.4. The van der Waals surface area contributed by atoms with E-state index in [9.17, 15) is 10.1 Å². The molecule has 1 aliphatic carbocycles. The minimum absolute atomic E-state index is 0.0514. The molecule has 1 aliphatic rings. The van der Waals surface area contributed by atoms with Crippen molar-refractivity contribution in [2.45, 2.75) is 32.6 Å². The predicted octanol–water partition coefficient (Wildman–Crippen LogP) is 2.36. The van der Waals surface area contributed by atoms with Crippen molar-refractivity contribution < 1.29 is 14.4 Å². The van der Waals surface area contributed by atoms with Crippen molar-refractivity contribution in [1.82, 2.24) is 9.97 Å². The molecule has 1 heterocycles. The molecule has 1 N–H and O–H groups in total. The minimum atomic E-state index is -0.499. The standard InChI is InChI=1S/C14H22N4O4/c1-9(2)8-22-14-11(18(19)20)13(15-6-7-21-3)16-12(17-14)10-4-5-10/h9-10H,4-8H2,1-3H3,(H,15,16,17). The second-order valence-corrected chi connectivity index (χ2v) is 5.74. The first-order valence-electron chi connectivity index (χ1n) is 7.44. The van der Waals surface area contributed by atoms with Crippen LogP contribution < -0.4 is 10.1 Å². The second-order valence-electron chi connectivity index (χ2n) is 5.74. The van der Waals surface area contributed by atoms with Crippen molar-refractivity contribution in [3.63, 3.8) is 0 Å². The summed E-state index contributed by atoms with van der Waals surface area (Å²) >= 11 is 0. The van der Waals surface area contributed by atoms with Crippen molar-refractivity contribution in [2.24, 2.45) is 5.92 Å². The lowest BCUT2D eigenvalue weighted by Crippen LogP contribution is -2.15. The van der Waals surface area contributed by atoms with Gasteiger partial charge < -0.3 is 14.8 Å². The lowest BCUT2D eigenvalue weighted by Gasteiger charge is -2.12. The third-order valence-electron chi connectivity index (χ3n) is 3.15. The SMILES string of the molecule is COCCNc1nc(C2CC2)nc(OCC(C)C)c1[N+](=O)[O-]. The molecule has 0 radical (unpaired) electrons. The third kappa shape index (κ3) is 4.27. The number of nitrogens with one attached hydrogen (secondary N) is 1. The Balaban J connectivity index is 2.32. The Morgan fingerprint density at radius 2 is 2.14 bits per heavy atom. The van der Waals surface area contributed by atoms with Gasteiger partial charge in [-0.1, -0.05) is 13.8 Å². The molecule has 0 aliphatic heterocycles. The Morgan fingerprint density at radius 1 is 1.41 bits per heavy atom. The van der Waals surface area contributed by atoms with Gasteiger partial charge in [-0.05, 0) is 18.8 Å². The van der Waals surface area contributed by atoms with Crippen molar-refractivity contribution >= 4 is 11.5 Å². The molecule has 22 heavy (non-hydrogen) atoms. The fourth-order valence-corrected chi connectivity index (χ4v) is 1.88. The van der Waals surface area contributed by atoms with Crippen LogP contribution in [0.25, 0.3) is 0 Å². The molecule has 8 heteroatoms. The summed E-state index contributed by atoms with van der Waals surface area (Å²) in [4.78, 5) is 19.5. The molecule has 0 unspecified atom stereocenters. The van der Waals surface area contributed by atoms with Gasteiger partial charge in [0.2, 0.25) is 5.82 Å². The molecule has 1 fully saturated rings. The fourth-order valence-electron chi connectivity index (χ4n) is 1.88. The molecule has 1 saturated carbocycles. The topological polar surface area (TPSA) is 99.4 Å². The highest BCUT2D eigenvalue weighted by Gasteiger charge is 2.33. The van der Waals surface area contributed by atoms with Gasteiger partial charge in [-0.15, -0.1) is 0 Å². The first kappa shape index (κ1) is 16.4. The first-order chi connectivity index (χ1) is 10.5. The monoisotopic (exact) mass is 310 g/mol. The Hall–Kier alpha value is -1.96. The molecule has 0 bridgehead atoms. The minimum Gasteiger partial charge on any atom is -0.472 e. The van der Waals surface area contributed by atoms with E-state index in [1.165, 1.54) is 0 Å². The lowest BCUT2D eigenvalue weighted by atomic mass is 10.2. The number of nitro groups is 1. The normalized spacial score (nSPS) is 14.2. The predicted molar refractivity (Wildman–Crippen MR) is 81.4 cm³/mol. The van der Waals surface area contributed by atoms with E-state index in [1.807, 2.05) is 13.8 Å². The Morgan fingerprint density at radius 3 is 2.68 bits per heavy atom. The zero-order valence-electron chi connectivity index (χ0n) is 13.2. The molecule has 0 aromatic carbocycles. The van der Waals surface area contributed by atoms with Crippen molar-refractivity contribution in [3.05, 3.63) is 15.9 Å². The van der Waals surface area contributed by atoms with Gasteiger partial charge in [-0.25, -0.2) is 4.98 Å². The van der Waals surface area contributed by atoms with Gasteiger partial charge in [0.1, 0.15) is 5.82 Å². The van der Waals surface area contributed by atoms with Crippen LogP contribution in [-0.2, 0) is 4.74 Å². The molecule has 1 aromatic rings. The van der Waals surface area contributed by atoms with E-state index in [2.05, 4.69) is 15.3 Å². The molecule has 0 spiro atoms. The lowest BCUT2D eigenvalue weighted by molar-refractivity contribution is -0.385. The summed E-state index contributed by atoms with van der Waals surface area (Å²) in [6, 6.07) is 0. The average Bonchev–Trinajstić information content (AvgIpc) is 3.29. The maximum Gasteiger partial charge on any atom is 0.372 e. The highest BCUT2D eigenvalue weighted by Crippen LogP contribution is 2.42. The van der Waals surface area contributed by atoms with Crippen molar-refractivity contribution in [3.8, 4) is 5.88 Å². The van der Waals surface area contributed by atoms with Gasteiger partial charge in [-0.2, -0.15) is 4.98 Å². The van der Waals surface area contributed by atoms with Crippen LogP contribution >= 0.6 is 0 Å². The van der Waals surface area contributed by atoms with Crippen molar-refractivity contribution in [2.75, 3.05) is 32.2 Å². The summed E-state index contributed by atoms with van der Waals surface area (Å²) in [5.74, 6) is 1.41. The van der Waals surface area contributed by atoms with Crippen LogP contribution in [0.15, 0.2) is 0 Å². The third-order valence-corrected chi connectivity index (χ3v) is 3.15. The smallest absolute Gasteiger partial charge is 0.372 e. The van der Waals surface area contributed by atoms with E-state index in [4.69, 9.17) is 9.47 Å². The van der Waals surface area contributed by atoms with Crippen LogP contribution in [0.3, 0.4) is 0 Å². The Bertz CT molecular complexity index is 532. The highest BCUT2D eigenvalue weighted by molar-refractivity contribution is 5.62. The molecule has 2 rings (SSSR count). The molecule has 1 aromatic heterocycles. The zero-order chi connectivity index (χ0) is 16.1. The molecule has 8 nitrogen and oxygen atoms in total. The van der Waals surface area contributed by atoms with Crippen LogP contribution in [0.2, 0.25) is 0 Å².